The van der Waals surface area contributed by atoms with Crippen LogP contribution in [0, 0.1) is 13.8 Å². The zero-order chi connectivity index (χ0) is 14.5. The Labute approximate surface area is 121 Å². The predicted molar refractivity (Wildman–Crippen MR) is 81.2 cm³/mol. The van der Waals surface area contributed by atoms with E-state index in [1.165, 1.54) is 11.3 Å². The molecular formula is C15H16N2O2S. The number of rotatable bonds is 4. The minimum atomic E-state index is -0.234. The lowest BCUT2D eigenvalue weighted by atomic mass is 10.1. The Bertz CT molecular complexity index is 621. The average Bonchev–Trinajstić information content (AvgIpc) is 2.95. The highest BCUT2D eigenvalue weighted by Gasteiger charge is 2.09. The van der Waals surface area contributed by atoms with Crippen LogP contribution in [0.3, 0.4) is 0 Å². The standard InChI is InChI=1S/C15H16N2O2S/c1-10-4-3-5-13(11(10)2)17-14(18)8-16-15(19)12-6-7-20-9-12/h3-7,9H,8H2,1-2H3,(H,16,19)(H,17,18). The van der Waals surface area contributed by atoms with E-state index >= 15 is 0 Å². The number of anilines is 1. The molecule has 104 valence electrons. The Morgan fingerprint density at radius 3 is 2.70 bits per heavy atom. The Kier molecular flexibility index (Phi) is 4.53. The summed E-state index contributed by atoms with van der Waals surface area (Å²) in [7, 11) is 0. The first-order valence-electron chi connectivity index (χ1n) is 6.24. The van der Waals surface area contributed by atoms with Crippen LogP contribution in [0.4, 0.5) is 5.69 Å². The molecule has 0 aliphatic heterocycles. The van der Waals surface area contributed by atoms with E-state index in [2.05, 4.69) is 10.6 Å². The molecule has 2 amide bonds. The number of aryl methyl sites for hydroxylation is 1. The van der Waals surface area contributed by atoms with E-state index < -0.39 is 0 Å². The van der Waals surface area contributed by atoms with Crippen LogP contribution < -0.4 is 10.6 Å². The second-order valence-electron chi connectivity index (χ2n) is 4.49. The molecule has 0 saturated carbocycles. The predicted octanol–water partition coefficient (Wildman–Crippen LogP) is 2.73. The fourth-order valence-electron chi connectivity index (χ4n) is 1.74. The van der Waals surface area contributed by atoms with Gasteiger partial charge in [0.15, 0.2) is 0 Å². The van der Waals surface area contributed by atoms with Crippen LogP contribution in [0.1, 0.15) is 21.5 Å². The SMILES string of the molecule is Cc1cccc(NC(=O)CNC(=O)c2ccsc2)c1C. The Morgan fingerprint density at radius 1 is 1.20 bits per heavy atom. The van der Waals surface area contributed by atoms with Crippen LogP contribution in [-0.2, 0) is 4.79 Å². The van der Waals surface area contributed by atoms with Crippen molar-refractivity contribution >= 4 is 28.8 Å². The number of nitrogens with one attached hydrogen (secondary N) is 2. The first-order chi connectivity index (χ1) is 9.58. The number of carbonyl (C=O) groups is 2. The van der Waals surface area contributed by atoms with E-state index in [1.54, 1.807) is 11.4 Å². The van der Waals surface area contributed by atoms with Gasteiger partial charge >= 0.3 is 0 Å². The molecule has 0 atom stereocenters. The van der Waals surface area contributed by atoms with Crippen LogP contribution >= 0.6 is 11.3 Å². The van der Waals surface area contributed by atoms with E-state index in [4.69, 9.17) is 0 Å². The molecule has 0 saturated heterocycles. The minimum Gasteiger partial charge on any atom is -0.343 e. The minimum absolute atomic E-state index is 0.0396. The van der Waals surface area contributed by atoms with Gasteiger partial charge in [-0.1, -0.05) is 12.1 Å². The molecule has 1 aromatic carbocycles. The van der Waals surface area contributed by atoms with E-state index in [9.17, 15) is 9.59 Å². The molecule has 5 heteroatoms. The number of amides is 2. The number of carbonyl (C=O) groups excluding carboxylic acids is 2. The van der Waals surface area contributed by atoms with E-state index in [1.807, 2.05) is 37.4 Å². The van der Waals surface area contributed by atoms with Gasteiger partial charge in [0.2, 0.25) is 5.91 Å². The Balaban J connectivity index is 1.90. The van der Waals surface area contributed by atoms with Crippen molar-refractivity contribution < 1.29 is 9.59 Å². The summed E-state index contributed by atoms with van der Waals surface area (Å²) >= 11 is 1.45. The second kappa shape index (κ2) is 6.34. The molecule has 20 heavy (non-hydrogen) atoms. The van der Waals surface area contributed by atoms with Crippen LogP contribution in [0.25, 0.3) is 0 Å². The highest BCUT2D eigenvalue weighted by Crippen LogP contribution is 2.17. The van der Waals surface area contributed by atoms with Crippen molar-refractivity contribution in [2.75, 3.05) is 11.9 Å². The summed E-state index contributed by atoms with van der Waals surface area (Å²) in [6.45, 7) is 3.90. The van der Waals surface area contributed by atoms with E-state index in [-0.39, 0.29) is 18.4 Å². The Morgan fingerprint density at radius 2 is 2.00 bits per heavy atom. The van der Waals surface area contributed by atoms with Crippen molar-refractivity contribution in [3.8, 4) is 0 Å². The van der Waals surface area contributed by atoms with Crippen molar-refractivity contribution in [2.24, 2.45) is 0 Å². The molecule has 0 bridgehead atoms. The molecule has 0 fully saturated rings. The molecular weight excluding hydrogens is 272 g/mol. The first kappa shape index (κ1) is 14.3. The fourth-order valence-corrected chi connectivity index (χ4v) is 2.37. The van der Waals surface area contributed by atoms with Gasteiger partial charge in [-0.2, -0.15) is 11.3 Å². The van der Waals surface area contributed by atoms with Gasteiger partial charge in [-0.3, -0.25) is 9.59 Å². The summed E-state index contributed by atoms with van der Waals surface area (Å²) in [5.41, 5.74) is 3.50. The van der Waals surface area contributed by atoms with Crippen LogP contribution in [0.2, 0.25) is 0 Å². The van der Waals surface area contributed by atoms with E-state index in [0.717, 1.165) is 16.8 Å². The molecule has 4 nitrogen and oxygen atoms in total. The third-order valence-corrected chi connectivity index (χ3v) is 3.75. The zero-order valence-electron chi connectivity index (χ0n) is 11.4. The number of hydrogen-bond donors (Lipinski definition) is 2. The van der Waals surface area contributed by atoms with Crippen LogP contribution in [-0.4, -0.2) is 18.4 Å². The molecule has 0 spiro atoms. The summed E-state index contributed by atoms with van der Waals surface area (Å²) in [5, 5.41) is 8.97. The summed E-state index contributed by atoms with van der Waals surface area (Å²) in [5.74, 6) is -0.468. The maximum Gasteiger partial charge on any atom is 0.252 e. The van der Waals surface area contributed by atoms with Gasteiger partial charge in [0, 0.05) is 16.6 Å². The monoisotopic (exact) mass is 288 g/mol. The van der Waals surface area contributed by atoms with Crippen molar-refractivity contribution in [3.05, 3.63) is 51.7 Å². The fraction of sp³-hybridized carbons (Fsp3) is 0.200. The highest BCUT2D eigenvalue weighted by molar-refractivity contribution is 7.08. The number of benzene rings is 1. The average molecular weight is 288 g/mol. The van der Waals surface area contributed by atoms with E-state index in [0.29, 0.717) is 5.56 Å². The molecule has 0 radical (unpaired) electrons. The topological polar surface area (TPSA) is 58.2 Å². The maximum atomic E-state index is 11.8. The molecule has 1 heterocycles. The van der Waals surface area contributed by atoms with Gasteiger partial charge in [-0.25, -0.2) is 0 Å². The third-order valence-electron chi connectivity index (χ3n) is 3.07. The van der Waals surface area contributed by atoms with Gasteiger partial charge in [0.05, 0.1) is 6.54 Å². The molecule has 0 aliphatic carbocycles. The lowest BCUT2D eigenvalue weighted by Gasteiger charge is -2.10. The van der Waals surface area contributed by atoms with Crippen molar-refractivity contribution in [2.45, 2.75) is 13.8 Å². The smallest absolute Gasteiger partial charge is 0.252 e. The summed E-state index contributed by atoms with van der Waals surface area (Å²) < 4.78 is 0. The van der Waals surface area contributed by atoms with Gasteiger partial charge in [-0.05, 0) is 42.5 Å². The largest absolute Gasteiger partial charge is 0.343 e. The quantitative estimate of drug-likeness (QED) is 0.909. The molecule has 0 unspecified atom stereocenters. The molecule has 2 N–H and O–H groups in total. The number of hydrogen-bond acceptors (Lipinski definition) is 3. The van der Waals surface area contributed by atoms with Crippen molar-refractivity contribution in [1.29, 1.82) is 0 Å². The van der Waals surface area contributed by atoms with Gasteiger partial charge in [0.1, 0.15) is 0 Å². The molecule has 1 aromatic heterocycles. The normalized spacial score (nSPS) is 10.1. The maximum absolute atomic E-state index is 11.8. The third kappa shape index (κ3) is 3.45. The van der Waals surface area contributed by atoms with Gasteiger partial charge in [0.25, 0.3) is 5.91 Å². The highest BCUT2D eigenvalue weighted by atomic mass is 32.1. The lowest BCUT2D eigenvalue weighted by molar-refractivity contribution is -0.115. The Hall–Kier alpha value is -2.14. The summed E-state index contributed by atoms with van der Waals surface area (Å²) in [6.07, 6.45) is 0. The molecule has 2 aromatic rings. The molecule has 0 aliphatic rings. The van der Waals surface area contributed by atoms with Gasteiger partial charge < -0.3 is 10.6 Å². The first-order valence-corrected chi connectivity index (χ1v) is 7.18. The number of thiophene rings is 1. The van der Waals surface area contributed by atoms with Gasteiger partial charge in [-0.15, -0.1) is 0 Å². The summed E-state index contributed by atoms with van der Waals surface area (Å²) in [4.78, 5) is 23.5. The van der Waals surface area contributed by atoms with Crippen molar-refractivity contribution in [1.82, 2.24) is 5.32 Å². The summed E-state index contributed by atoms with van der Waals surface area (Å²) in [6, 6.07) is 7.45. The van der Waals surface area contributed by atoms with Crippen LogP contribution in [0.5, 0.6) is 0 Å². The zero-order valence-corrected chi connectivity index (χ0v) is 12.2. The molecule has 2 rings (SSSR count). The lowest BCUT2D eigenvalue weighted by Crippen LogP contribution is -2.32. The van der Waals surface area contributed by atoms with Crippen molar-refractivity contribution in [3.63, 3.8) is 0 Å². The second-order valence-corrected chi connectivity index (χ2v) is 5.27. The van der Waals surface area contributed by atoms with Crippen LogP contribution in [0.15, 0.2) is 35.0 Å².